The average Bonchev–Trinajstić information content (AvgIpc) is 3.13. The first-order chi connectivity index (χ1) is 13.4. The van der Waals surface area contributed by atoms with Crippen molar-refractivity contribution >= 4 is 23.3 Å². The van der Waals surface area contributed by atoms with Crippen molar-refractivity contribution in [2.75, 3.05) is 42.7 Å². The molecule has 148 valence electrons. The van der Waals surface area contributed by atoms with Crippen LogP contribution in [0.3, 0.4) is 0 Å². The van der Waals surface area contributed by atoms with E-state index in [0.717, 1.165) is 45.6 Å². The first kappa shape index (κ1) is 18.4. The van der Waals surface area contributed by atoms with Crippen LogP contribution in [-0.4, -0.2) is 46.6 Å². The molecule has 2 aromatic heterocycles. The third-order valence-corrected chi connectivity index (χ3v) is 5.91. The minimum absolute atomic E-state index is 0.00745. The van der Waals surface area contributed by atoms with Crippen molar-refractivity contribution in [3.05, 3.63) is 39.8 Å². The van der Waals surface area contributed by atoms with Gasteiger partial charge in [0.2, 0.25) is 5.95 Å². The van der Waals surface area contributed by atoms with Crippen LogP contribution in [0, 0.1) is 10.8 Å². The molecule has 4 rings (SSSR count). The molecule has 2 aromatic rings. The van der Waals surface area contributed by atoms with Crippen LogP contribution in [0.2, 0.25) is 0 Å². The van der Waals surface area contributed by atoms with Crippen molar-refractivity contribution in [1.29, 1.82) is 5.41 Å². The summed E-state index contributed by atoms with van der Waals surface area (Å²) in [5.74, 6) is 0.880. The first-order valence-corrected chi connectivity index (χ1v) is 9.40. The SMILES string of the molecule is Cn1c(N2CCC3(CCOC3)CC2)nc(N)c(C(=N)c2ccnc(N)c2)c1=O. The summed E-state index contributed by atoms with van der Waals surface area (Å²) in [5, 5.41) is 8.43. The second-order valence-corrected chi connectivity index (χ2v) is 7.67. The van der Waals surface area contributed by atoms with Crippen molar-refractivity contribution in [1.82, 2.24) is 14.5 Å². The fourth-order valence-electron chi connectivity index (χ4n) is 4.10. The zero-order valence-corrected chi connectivity index (χ0v) is 15.9. The van der Waals surface area contributed by atoms with Crippen LogP contribution in [0.15, 0.2) is 23.1 Å². The number of piperidine rings is 1. The summed E-state index contributed by atoms with van der Waals surface area (Å²) in [6.45, 7) is 3.27. The summed E-state index contributed by atoms with van der Waals surface area (Å²) in [5.41, 5.74) is 12.3. The van der Waals surface area contributed by atoms with E-state index in [0.29, 0.717) is 11.5 Å². The van der Waals surface area contributed by atoms with Crippen LogP contribution < -0.4 is 21.9 Å². The maximum atomic E-state index is 13.0. The number of nitrogens with one attached hydrogen (secondary N) is 1. The highest BCUT2D eigenvalue weighted by molar-refractivity contribution is 6.13. The van der Waals surface area contributed by atoms with E-state index in [1.807, 2.05) is 0 Å². The topological polar surface area (TPSA) is 136 Å². The Labute approximate surface area is 162 Å². The number of nitrogens with two attached hydrogens (primary N) is 2. The van der Waals surface area contributed by atoms with Gasteiger partial charge in [0, 0.05) is 38.5 Å². The van der Waals surface area contributed by atoms with E-state index >= 15 is 0 Å². The lowest BCUT2D eigenvalue weighted by Crippen LogP contribution is -2.43. The summed E-state index contributed by atoms with van der Waals surface area (Å²) in [6, 6.07) is 3.17. The van der Waals surface area contributed by atoms with Gasteiger partial charge in [-0.05, 0) is 36.8 Å². The van der Waals surface area contributed by atoms with Crippen LogP contribution in [0.5, 0.6) is 0 Å². The molecule has 28 heavy (non-hydrogen) atoms. The molecule has 4 heterocycles. The highest BCUT2D eigenvalue weighted by Crippen LogP contribution is 2.39. The zero-order chi connectivity index (χ0) is 19.9. The minimum Gasteiger partial charge on any atom is -0.384 e. The third kappa shape index (κ3) is 3.11. The van der Waals surface area contributed by atoms with Gasteiger partial charge in [-0.3, -0.25) is 14.8 Å². The van der Waals surface area contributed by atoms with Gasteiger partial charge in [-0.2, -0.15) is 4.98 Å². The third-order valence-electron chi connectivity index (χ3n) is 5.91. The summed E-state index contributed by atoms with van der Waals surface area (Å²) < 4.78 is 7.07. The van der Waals surface area contributed by atoms with E-state index in [1.165, 1.54) is 10.8 Å². The van der Waals surface area contributed by atoms with Crippen LogP contribution in [0.25, 0.3) is 0 Å². The monoisotopic (exact) mass is 383 g/mol. The molecule has 9 nitrogen and oxygen atoms in total. The van der Waals surface area contributed by atoms with E-state index < -0.39 is 0 Å². The molecule has 0 aromatic carbocycles. The van der Waals surface area contributed by atoms with Gasteiger partial charge in [0.05, 0.1) is 12.3 Å². The second kappa shape index (κ2) is 6.90. The van der Waals surface area contributed by atoms with E-state index in [1.54, 1.807) is 19.2 Å². The van der Waals surface area contributed by atoms with Gasteiger partial charge in [0.1, 0.15) is 17.2 Å². The summed E-state index contributed by atoms with van der Waals surface area (Å²) >= 11 is 0. The van der Waals surface area contributed by atoms with Crippen molar-refractivity contribution < 1.29 is 4.74 Å². The predicted octanol–water partition coefficient (Wildman–Crippen LogP) is 0.763. The number of ether oxygens (including phenoxy) is 1. The Balaban J connectivity index is 1.63. The lowest BCUT2D eigenvalue weighted by atomic mass is 9.78. The molecule has 2 aliphatic rings. The van der Waals surface area contributed by atoms with Gasteiger partial charge in [0.25, 0.3) is 5.56 Å². The first-order valence-electron chi connectivity index (χ1n) is 9.40. The molecule has 2 saturated heterocycles. The molecule has 0 amide bonds. The predicted molar refractivity (Wildman–Crippen MR) is 108 cm³/mol. The van der Waals surface area contributed by atoms with Gasteiger partial charge < -0.3 is 21.1 Å². The van der Waals surface area contributed by atoms with Gasteiger partial charge in [-0.25, -0.2) is 4.98 Å². The Kier molecular flexibility index (Phi) is 4.54. The molecule has 2 aliphatic heterocycles. The van der Waals surface area contributed by atoms with E-state index in [9.17, 15) is 4.79 Å². The van der Waals surface area contributed by atoms with Crippen LogP contribution in [-0.2, 0) is 11.8 Å². The van der Waals surface area contributed by atoms with Crippen molar-refractivity contribution in [2.24, 2.45) is 12.5 Å². The number of nitrogen functional groups attached to an aromatic ring is 2. The maximum absolute atomic E-state index is 13.0. The zero-order valence-electron chi connectivity index (χ0n) is 15.9. The number of rotatable bonds is 3. The Hall–Kier alpha value is -2.94. The van der Waals surface area contributed by atoms with E-state index in [-0.39, 0.29) is 33.9 Å². The second-order valence-electron chi connectivity index (χ2n) is 7.67. The molecule has 2 fully saturated rings. The molecule has 0 atom stereocenters. The fourth-order valence-corrected chi connectivity index (χ4v) is 4.10. The standard InChI is InChI=1S/C19H25N7O2/c1-25-17(27)14(15(21)12-2-6-23-13(20)10-12)16(22)24-18(25)26-7-3-19(4-8-26)5-9-28-11-19/h2,6,10,21H,3-5,7-9,11,22H2,1H3,(H2,20,23). The molecule has 5 N–H and O–H groups in total. The highest BCUT2D eigenvalue weighted by atomic mass is 16.5. The average molecular weight is 383 g/mol. The van der Waals surface area contributed by atoms with Crippen LogP contribution >= 0.6 is 0 Å². The van der Waals surface area contributed by atoms with E-state index in [2.05, 4.69) is 14.9 Å². The summed E-state index contributed by atoms with van der Waals surface area (Å²) in [6.07, 6.45) is 4.62. The largest absolute Gasteiger partial charge is 0.384 e. The molecule has 0 saturated carbocycles. The van der Waals surface area contributed by atoms with Crippen molar-refractivity contribution in [2.45, 2.75) is 19.3 Å². The van der Waals surface area contributed by atoms with Crippen LogP contribution in [0.4, 0.5) is 17.6 Å². The summed E-state index contributed by atoms with van der Waals surface area (Å²) in [4.78, 5) is 23.5. The normalized spacial score (nSPS) is 18.5. The van der Waals surface area contributed by atoms with Crippen molar-refractivity contribution in [3.8, 4) is 0 Å². The van der Waals surface area contributed by atoms with Gasteiger partial charge >= 0.3 is 0 Å². The Morgan fingerprint density at radius 3 is 2.68 bits per heavy atom. The number of pyridine rings is 1. The maximum Gasteiger partial charge on any atom is 0.266 e. The number of hydrogen-bond acceptors (Lipinski definition) is 8. The molecule has 0 aliphatic carbocycles. The molecule has 0 unspecified atom stereocenters. The molecule has 1 spiro atoms. The number of nitrogens with zero attached hydrogens (tertiary/aromatic N) is 4. The van der Waals surface area contributed by atoms with E-state index in [4.69, 9.17) is 21.6 Å². The molecule has 0 bridgehead atoms. The van der Waals surface area contributed by atoms with Gasteiger partial charge in [-0.1, -0.05) is 0 Å². The quantitative estimate of drug-likeness (QED) is 0.666. The Morgan fingerprint density at radius 1 is 1.29 bits per heavy atom. The highest BCUT2D eigenvalue weighted by Gasteiger charge is 2.38. The van der Waals surface area contributed by atoms with Crippen molar-refractivity contribution in [3.63, 3.8) is 0 Å². The van der Waals surface area contributed by atoms with Gasteiger partial charge in [-0.15, -0.1) is 0 Å². The Morgan fingerprint density at radius 2 is 2.04 bits per heavy atom. The molecular formula is C19H25N7O2. The van der Waals surface area contributed by atoms with Crippen LogP contribution in [0.1, 0.15) is 30.4 Å². The smallest absolute Gasteiger partial charge is 0.266 e. The minimum atomic E-state index is -0.340. The fraction of sp³-hybridized carbons (Fsp3) is 0.474. The van der Waals surface area contributed by atoms with Gasteiger partial charge in [0.15, 0.2) is 0 Å². The number of hydrogen-bond donors (Lipinski definition) is 3. The number of aromatic nitrogens is 3. The molecular weight excluding hydrogens is 358 g/mol. The molecule has 9 heteroatoms. The Bertz CT molecular complexity index is 969. The lowest BCUT2D eigenvalue weighted by Gasteiger charge is -2.39. The summed E-state index contributed by atoms with van der Waals surface area (Å²) in [7, 11) is 1.67. The molecule has 0 radical (unpaired) electrons. The lowest BCUT2D eigenvalue weighted by molar-refractivity contribution is 0.133. The number of anilines is 3.